The van der Waals surface area contributed by atoms with Gasteiger partial charge in [-0.25, -0.2) is 0 Å². The molecule has 1 aromatic rings. The lowest BCUT2D eigenvalue weighted by atomic mass is 9.88. The molecule has 1 saturated heterocycles. The molecule has 1 heterocycles. The van der Waals surface area contributed by atoms with Crippen LogP contribution in [0.2, 0.25) is 0 Å². The van der Waals surface area contributed by atoms with Gasteiger partial charge in [0.05, 0.1) is 19.3 Å². The van der Waals surface area contributed by atoms with Crippen molar-refractivity contribution >= 4 is 5.91 Å². The Morgan fingerprint density at radius 1 is 1.16 bits per heavy atom. The Bertz CT molecular complexity index is 558. The molecule has 2 N–H and O–H groups in total. The van der Waals surface area contributed by atoms with E-state index in [1.165, 1.54) is 0 Å². The molecule has 2 rings (SSSR count). The van der Waals surface area contributed by atoms with Crippen molar-refractivity contribution in [1.82, 2.24) is 10.6 Å². The number of nitrogens with one attached hydrogen (secondary N) is 2. The lowest BCUT2D eigenvalue weighted by molar-refractivity contribution is -0.127. The average Bonchev–Trinajstić information content (AvgIpc) is 2.56. The highest BCUT2D eigenvalue weighted by molar-refractivity contribution is 5.79. The largest absolute Gasteiger partial charge is 0.490 e. The zero-order chi connectivity index (χ0) is 18.2. The molecule has 2 unspecified atom stereocenters. The summed E-state index contributed by atoms with van der Waals surface area (Å²) in [5.41, 5.74) is 1.03. The SMILES string of the molecule is CCCOc1ccc(C(C)NC(=O)C(C)C2CNC2)cc1OCCC. The molecule has 1 aliphatic rings. The molecule has 0 radical (unpaired) electrons. The highest BCUT2D eigenvalue weighted by Crippen LogP contribution is 2.31. The number of ether oxygens (including phenoxy) is 2. The van der Waals surface area contributed by atoms with Crippen LogP contribution in [-0.4, -0.2) is 32.2 Å². The van der Waals surface area contributed by atoms with E-state index >= 15 is 0 Å². The van der Waals surface area contributed by atoms with Crippen LogP contribution in [0.1, 0.15) is 52.1 Å². The molecule has 0 aliphatic carbocycles. The third-order valence-electron chi connectivity index (χ3n) is 4.68. The van der Waals surface area contributed by atoms with Crippen LogP contribution in [0.5, 0.6) is 11.5 Å². The van der Waals surface area contributed by atoms with E-state index in [9.17, 15) is 4.79 Å². The number of carbonyl (C=O) groups is 1. The molecule has 1 fully saturated rings. The van der Waals surface area contributed by atoms with Gasteiger partial charge < -0.3 is 20.1 Å². The van der Waals surface area contributed by atoms with Crippen LogP contribution in [0.3, 0.4) is 0 Å². The van der Waals surface area contributed by atoms with Gasteiger partial charge in [-0.3, -0.25) is 4.79 Å². The van der Waals surface area contributed by atoms with Crippen molar-refractivity contribution in [3.8, 4) is 11.5 Å². The van der Waals surface area contributed by atoms with Gasteiger partial charge in [0.15, 0.2) is 11.5 Å². The highest BCUT2D eigenvalue weighted by atomic mass is 16.5. The maximum absolute atomic E-state index is 12.4. The average molecular weight is 348 g/mol. The number of hydrogen-bond acceptors (Lipinski definition) is 4. The van der Waals surface area contributed by atoms with E-state index < -0.39 is 0 Å². The molecule has 0 bridgehead atoms. The van der Waals surface area contributed by atoms with E-state index in [0.29, 0.717) is 19.1 Å². The summed E-state index contributed by atoms with van der Waals surface area (Å²) in [5, 5.41) is 6.35. The second-order valence-corrected chi connectivity index (χ2v) is 6.84. The lowest BCUT2D eigenvalue weighted by Gasteiger charge is -2.32. The Balaban J connectivity index is 2.04. The van der Waals surface area contributed by atoms with Gasteiger partial charge in [-0.15, -0.1) is 0 Å². The molecule has 25 heavy (non-hydrogen) atoms. The molecule has 1 amide bonds. The normalized spacial score (nSPS) is 16.6. The van der Waals surface area contributed by atoms with Crippen molar-refractivity contribution in [3.05, 3.63) is 23.8 Å². The van der Waals surface area contributed by atoms with Crippen molar-refractivity contribution in [1.29, 1.82) is 0 Å². The van der Waals surface area contributed by atoms with E-state index in [4.69, 9.17) is 9.47 Å². The molecule has 1 aliphatic heterocycles. The fourth-order valence-corrected chi connectivity index (χ4v) is 2.76. The minimum Gasteiger partial charge on any atom is -0.490 e. The van der Waals surface area contributed by atoms with Crippen LogP contribution >= 0.6 is 0 Å². The number of carbonyl (C=O) groups excluding carboxylic acids is 1. The summed E-state index contributed by atoms with van der Waals surface area (Å²) < 4.78 is 11.6. The summed E-state index contributed by atoms with van der Waals surface area (Å²) in [6, 6.07) is 5.87. The molecule has 5 nitrogen and oxygen atoms in total. The zero-order valence-electron chi connectivity index (χ0n) is 15.9. The smallest absolute Gasteiger partial charge is 0.223 e. The fraction of sp³-hybridized carbons (Fsp3) is 0.650. The molecule has 1 aromatic carbocycles. The molecule has 2 atom stereocenters. The quantitative estimate of drug-likeness (QED) is 0.681. The predicted octanol–water partition coefficient (Wildman–Crippen LogP) is 3.30. The Hall–Kier alpha value is -1.75. The van der Waals surface area contributed by atoms with Crippen LogP contribution < -0.4 is 20.1 Å². The highest BCUT2D eigenvalue weighted by Gasteiger charge is 2.29. The molecule has 0 saturated carbocycles. The van der Waals surface area contributed by atoms with Crippen LogP contribution in [0.4, 0.5) is 0 Å². The molecule has 140 valence electrons. The first-order valence-electron chi connectivity index (χ1n) is 9.47. The molecular weight excluding hydrogens is 316 g/mol. The van der Waals surface area contributed by atoms with Gasteiger partial charge in [-0.2, -0.15) is 0 Å². The maximum atomic E-state index is 12.4. The third kappa shape index (κ3) is 5.36. The second kappa shape index (κ2) is 9.66. The standard InChI is InChI=1S/C20H32N2O3/c1-5-9-24-18-8-7-16(11-19(18)25-10-6-2)15(4)22-20(23)14(3)17-12-21-13-17/h7-8,11,14-15,17,21H,5-6,9-10,12-13H2,1-4H3,(H,22,23). The number of hydrogen-bond donors (Lipinski definition) is 2. The van der Waals surface area contributed by atoms with Gasteiger partial charge in [0, 0.05) is 5.92 Å². The first-order chi connectivity index (χ1) is 12.1. The molecular formula is C20H32N2O3. The van der Waals surface area contributed by atoms with Crippen LogP contribution in [0, 0.1) is 11.8 Å². The molecule has 0 aromatic heterocycles. The van der Waals surface area contributed by atoms with E-state index in [-0.39, 0.29) is 17.9 Å². The topological polar surface area (TPSA) is 59.6 Å². The van der Waals surface area contributed by atoms with Crippen LogP contribution in [0.25, 0.3) is 0 Å². The number of benzene rings is 1. The van der Waals surface area contributed by atoms with Gasteiger partial charge >= 0.3 is 0 Å². The summed E-state index contributed by atoms with van der Waals surface area (Å²) in [6.45, 7) is 11.4. The monoisotopic (exact) mass is 348 g/mol. The Labute approximate surface area is 151 Å². The van der Waals surface area contributed by atoms with Crippen molar-refractivity contribution in [3.63, 3.8) is 0 Å². The molecule has 0 spiro atoms. The van der Waals surface area contributed by atoms with Gasteiger partial charge in [0.1, 0.15) is 0 Å². The van der Waals surface area contributed by atoms with E-state index in [0.717, 1.165) is 43.0 Å². The van der Waals surface area contributed by atoms with Crippen molar-refractivity contribution in [2.24, 2.45) is 11.8 Å². The Morgan fingerprint density at radius 3 is 2.36 bits per heavy atom. The third-order valence-corrected chi connectivity index (χ3v) is 4.68. The van der Waals surface area contributed by atoms with Crippen molar-refractivity contribution in [2.45, 2.75) is 46.6 Å². The summed E-state index contributed by atoms with van der Waals surface area (Å²) in [4.78, 5) is 12.4. The second-order valence-electron chi connectivity index (χ2n) is 6.84. The van der Waals surface area contributed by atoms with E-state index in [1.54, 1.807) is 0 Å². The van der Waals surface area contributed by atoms with Gasteiger partial charge in [0.25, 0.3) is 0 Å². The minimum absolute atomic E-state index is 0.0340. The van der Waals surface area contributed by atoms with E-state index in [1.807, 2.05) is 32.0 Å². The zero-order valence-corrected chi connectivity index (χ0v) is 15.9. The van der Waals surface area contributed by atoms with Crippen molar-refractivity contribution in [2.75, 3.05) is 26.3 Å². The summed E-state index contributed by atoms with van der Waals surface area (Å²) in [6.07, 6.45) is 1.89. The summed E-state index contributed by atoms with van der Waals surface area (Å²) >= 11 is 0. The van der Waals surface area contributed by atoms with Gasteiger partial charge in [-0.1, -0.05) is 26.8 Å². The number of amides is 1. The maximum Gasteiger partial charge on any atom is 0.223 e. The first kappa shape index (κ1) is 19.6. The minimum atomic E-state index is -0.0628. The van der Waals surface area contributed by atoms with E-state index in [2.05, 4.69) is 24.5 Å². The van der Waals surface area contributed by atoms with Crippen molar-refractivity contribution < 1.29 is 14.3 Å². The van der Waals surface area contributed by atoms with Gasteiger partial charge in [-0.05, 0) is 56.5 Å². The Kier molecular flexibility index (Phi) is 7.56. The lowest BCUT2D eigenvalue weighted by Crippen LogP contribution is -2.49. The number of rotatable bonds is 10. The van der Waals surface area contributed by atoms with Gasteiger partial charge in [0.2, 0.25) is 5.91 Å². The van der Waals surface area contributed by atoms with Crippen LogP contribution in [-0.2, 0) is 4.79 Å². The summed E-state index contributed by atoms with van der Waals surface area (Å²) in [5.74, 6) is 2.12. The molecule has 5 heteroatoms. The predicted molar refractivity (Wildman–Crippen MR) is 100 cm³/mol. The van der Waals surface area contributed by atoms with Crippen LogP contribution in [0.15, 0.2) is 18.2 Å². The Morgan fingerprint density at radius 2 is 1.80 bits per heavy atom. The first-order valence-corrected chi connectivity index (χ1v) is 9.47. The fourth-order valence-electron chi connectivity index (χ4n) is 2.76. The summed E-state index contributed by atoms with van der Waals surface area (Å²) in [7, 11) is 0.